The van der Waals surface area contributed by atoms with Crippen molar-refractivity contribution in [3.63, 3.8) is 0 Å². The van der Waals surface area contributed by atoms with Crippen LogP contribution in [0.25, 0.3) is 0 Å². The first-order valence-electron chi connectivity index (χ1n) is 5.94. The van der Waals surface area contributed by atoms with Gasteiger partial charge in [-0.1, -0.05) is 18.6 Å². The first-order chi connectivity index (χ1) is 6.25. The Morgan fingerprint density at radius 3 is 2.77 bits per heavy atom. The van der Waals surface area contributed by atoms with Gasteiger partial charge in [-0.15, -0.1) is 0 Å². The van der Waals surface area contributed by atoms with Crippen LogP contribution in [-0.4, -0.2) is 0 Å². The first-order valence-corrected chi connectivity index (χ1v) is 5.94. The highest BCUT2D eigenvalue weighted by Crippen LogP contribution is 2.58. The molecule has 2 fully saturated rings. The van der Waals surface area contributed by atoms with E-state index in [4.69, 9.17) is 0 Å². The molecule has 0 N–H and O–H groups in total. The van der Waals surface area contributed by atoms with Gasteiger partial charge in [-0.25, -0.2) is 0 Å². The van der Waals surface area contributed by atoms with Crippen molar-refractivity contribution < 1.29 is 0 Å². The minimum absolute atomic E-state index is 0.862. The van der Waals surface area contributed by atoms with Crippen LogP contribution in [0.5, 0.6) is 0 Å². The van der Waals surface area contributed by atoms with E-state index in [1.165, 1.54) is 12.8 Å². The van der Waals surface area contributed by atoms with Crippen molar-refractivity contribution in [2.75, 3.05) is 0 Å². The van der Waals surface area contributed by atoms with Crippen LogP contribution in [0, 0.1) is 29.6 Å². The molecule has 0 aromatic carbocycles. The predicted octanol–water partition coefficient (Wildman–Crippen LogP) is 3.63. The molecule has 0 amide bonds. The molecule has 0 heteroatoms. The van der Waals surface area contributed by atoms with Crippen molar-refractivity contribution in [3.05, 3.63) is 11.6 Å². The Labute approximate surface area is 81.4 Å². The normalized spacial score (nSPS) is 53.4. The molecule has 3 aliphatic rings. The third kappa shape index (κ3) is 1.04. The van der Waals surface area contributed by atoms with Crippen molar-refractivity contribution in [3.8, 4) is 0 Å². The molecule has 13 heavy (non-hydrogen) atoms. The Kier molecular flexibility index (Phi) is 1.63. The van der Waals surface area contributed by atoms with Gasteiger partial charge in [0.2, 0.25) is 0 Å². The molecule has 0 heterocycles. The van der Waals surface area contributed by atoms with Gasteiger partial charge < -0.3 is 0 Å². The molecule has 5 unspecified atom stereocenters. The van der Waals surface area contributed by atoms with Crippen LogP contribution >= 0.6 is 0 Å². The highest BCUT2D eigenvalue weighted by molar-refractivity contribution is 5.18. The van der Waals surface area contributed by atoms with Crippen LogP contribution in [0.3, 0.4) is 0 Å². The zero-order chi connectivity index (χ0) is 9.00. The van der Waals surface area contributed by atoms with Crippen LogP contribution in [0.15, 0.2) is 11.6 Å². The van der Waals surface area contributed by atoms with Gasteiger partial charge in [0.25, 0.3) is 0 Å². The molecule has 0 nitrogen and oxygen atoms in total. The molecular weight excluding hydrogens is 156 g/mol. The monoisotopic (exact) mass is 176 g/mol. The van der Waals surface area contributed by atoms with Crippen LogP contribution < -0.4 is 0 Å². The molecule has 2 bridgehead atoms. The van der Waals surface area contributed by atoms with Crippen LogP contribution in [0.1, 0.15) is 39.5 Å². The fraction of sp³-hybridized carbons (Fsp3) is 0.846. The summed E-state index contributed by atoms with van der Waals surface area (Å²) in [7, 11) is 0. The van der Waals surface area contributed by atoms with E-state index in [-0.39, 0.29) is 0 Å². The number of rotatable bonds is 0. The van der Waals surface area contributed by atoms with Crippen molar-refractivity contribution in [1.29, 1.82) is 0 Å². The minimum Gasteiger partial charge on any atom is -0.0825 e. The lowest BCUT2D eigenvalue weighted by atomic mass is 9.68. The summed E-state index contributed by atoms with van der Waals surface area (Å²) >= 11 is 0. The molecule has 0 aromatic rings. The van der Waals surface area contributed by atoms with Gasteiger partial charge in [0.1, 0.15) is 0 Å². The third-order valence-corrected chi connectivity index (χ3v) is 4.81. The number of hydrogen-bond acceptors (Lipinski definition) is 0. The molecule has 5 atom stereocenters. The second-order valence-corrected chi connectivity index (χ2v) is 5.65. The van der Waals surface area contributed by atoms with Gasteiger partial charge in [0.15, 0.2) is 0 Å². The Balaban J connectivity index is 1.94. The quantitative estimate of drug-likeness (QED) is 0.494. The Morgan fingerprint density at radius 1 is 1.15 bits per heavy atom. The maximum Gasteiger partial charge on any atom is -0.0146 e. The standard InChI is InChI=1S/C13H20/c1-8-5-9(2)13-11-4-3-10(7-11)12(13)6-8/h5,8,10-13H,3-4,6-7H2,1-2H3. The Hall–Kier alpha value is -0.260. The summed E-state index contributed by atoms with van der Waals surface area (Å²) in [5, 5.41) is 0. The zero-order valence-electron chi connectivity index (χ0n) is 8.79. The maximum atomic E-state index is 2.54. The lowest BCUT2D eigenvalue weighted by Crippen LogP contribution is -2.28. The van der Waals surface area contributed by atoms with Gasteiger partial charge in [0.05, 0.1) is 0 Å². The minimum atomic E-state index is 0.862. The lowest BCUT2D eigenvalue weighted by Gasteiger charge is -2.37. The first kappa shape index (κ1) is 8.08. The Morgan fingerprint density at radius 2 is 1.92 bits per heavy atom. The van der Waals surface area contributed by atoms with Crippen molar-refractivity contribution in [2.45, 2.75) is 39.5 Å². The summed E-state index contributed by atoms with van der Waals surface area (Å²) in [5.41, 5.74) is 1.73. The van der Waals surface area contributed by atoms with E-state index in [0.717, 1.165) is 29.6 Å². The molecule has 0 saturated heterocycles. The molecule has 0 radical (unpaired) electrons. The SMILES string of the molecule is CC1=CC(C)CC2C3CCC(C3)C12. The lowest BCUT2D eigenvalue weighted by molar-refractivity contribution is 0.209. The summed E-state index contributed by atoms with van der Waals surface area (Å²) in [6, 6.07) is 0. The van der Waals surface area contributed by atoms with E-state index < -0.39 is 0 Å². The molecule has 0 aromatic heterocycles. The summed E-state index contributed by atoms with van der Waals surface area (Å²) in [4.78, 5) is 0. The van der Waals surface area contributed by atoms with Crippen molar-refractivity contribution in [2.24, 2.45) is 29.6 Å². The number of allylic oxidation sites excluding steroid dienone is 2. The molecule has 72 valence electrons. The topological polar surface area (TPSA) is 0 Å². The van der Waals surface area contributed by atoms with Crippen LogP contribution in [0.2, 0.25) is 0 Å². The van der Waals surface area contributed by atoms with Crippen molar-refractivity contribution in [1.82, 2.24) is 0 Å². The van der Waals surface area contributed by atoms with E-state index in [1.54, 1.807) is 18.4 Å². The Bertz CT molecular complexity index is 251. The van der Waals surface area contributed by atoms with E-state index in [9.17, 15) is 0 Å². The fourth-order valence-electron chi connectivity index (χ4n) is 4.52. The molecular formula is C13H20. The fourth-order valence-corrected chi connectivity index (χ4v) is 4.52. The summed E-state index contributed by atoms with van der Waals surface area (Å²) < 4.78 is 0. The number of fused-ring (bicyclic) bond motifs is 5. The van der Waals surface area contributed by atoms with Gasteiger partial charge >= 0.3 is 0 Å². The molecule has 0 aliphatic heterocycles. The zero-order valence-corrected chi connectivity index (χ0v) is 8.79. The van der Waals surface area contributed by atoms with E-state index >= 15 is 0 Å². The number of hydrogen-bond donors (Lipinski definition) is 0. The molecule has 2 saturated carbocycles. The van der Waals surface area contributed by atoms with Crippen LogP contribution in [-0.2, 0) is 0 Å². The van der Waals surface area contributed by atoms with Gasteiger partial charge in [0, 0.05) is 0 Å². The van der Waals surface area contributed by atoms with Crippen molar-refractivity contribution >= 4 is 0 Å². The largest absolute Gasteiger partial charge is 0.0825 e. The average molecular weight is 176 g/mol. The summed E-state index contributed by atoms with van der Waals surface area (Å²) in [6.07, 6.45) is 8.68. The van der Waals surface area contributed by atoms with Gasteiger partial charge in [-0.2, -0.15) is 0 Å². The predicted molar refractivity (Wildman–Crippen MR) is 55.3 cm³/mol. The molecule has 3 aliphatic carbocycles. The highest BCUT2D eigenvalue weighted by atomic mass is 14.5. The molecule has 0 spiro atoms. The van der Waals surface area contributed by atoms with E-state index in [0.29, 0.717) is 0 Å². The maximum absolute atomic E-state index is 2.54. The van der Waals surface area contributed by atoms with Crippen LogP contribution in [0.4, 0.5) is 0 Å². The second-order valence-electron chi connectivity index (χ2n) is 5.65. The third-order valence-electron chi connectivity index (χ3n) is 4.81. The summed E-state index contributed by atoms with van der Waals surface area (Å²) in [6.45, 7) is 4.78. The summed E-state index contributed by atoms with van der Waals surface area (Å²) in [5.74, 6) is 5.15. The van der Waals surface area contributed by atoms with E-state index in [1.807, 2.05) is 0 Å². The van der Waals surface area contributed by atoms with E-state index in [2.05, 4.69) is 19.9 Å². The smallest absolute Gasteiger partial charge is 0.0146 e. The second kappa shape index (κ2) is 2.62. The average Bonchev–Trinajstić information content (AvgIpc) is 2.62. The van der Waals surface area contributed by atoms with Gasteiger partial charge in [-0.05, 0) is 62.2 Å². The highest BCUT2D eigenvalue weighted by Gasteiger charge is 2.49. The van der Waals surface area contributed by atoms with Gasteiger partial charge in [-0.3, -0.25) is 0 Å². The molecule has 3 rings (SSSR count).